The number of carbonyl (C=O) groups excluding carboxylic acids is 2. The van der Waals surface area contributed by atoms with Crippen LogP contribution in [0.1, 0.15) is 41.5 Å². The Bertz CT molecular complexity index is 524. The van der Waals surface area contributed by atoms with Crippen LogP contribution in [0.4, 0.5) is 0 Å². The second-order valence-corrected chi connectivity index (χ2v) is 7.80. The van der Waals surface area contributed by atoms with Gasteiger partial charge in [0.25, 0.3) is 0 Å². The minimum atomic E-state index is -1.20. The zero-order valence-corrected chi connectivity index (χ0v) is 16.9. The lowest BCUT2D eigenvalue weighted by Crippen LogP contribution is -2.56. The molecule has 8 nitrogen and oxygen atoms in total. The molecule has 2 aliphatic rings. The summed E-state index contributed by atoms with van der Waals surface area (Å²) >= 11 is 0. The molecular formula is C19H32O8. The van der Waals surface area contributed by atoms with Crippen LogP contribution >= 0.6 is 0 Å². The summed E-state index contributed by atoms with van der Waals surface area (Å²) in [6, 6.07) is 0. The van der Waals surface area contributed by atoms with Crippen molar-refractivity contribution in [3.8, 4) is 0 Å². The van der Waals surface area contributed by atoms with Gasteiger partial charge >= 0.3 is 11.9 Å². The summed E-state index contributed by atoms with van der Waals surface area (Å²) in [5.74, 6) is -0.643. The minimum Gasteiger partial charge on any atom is -0.463 e. The number of rotatable bonds is 5. The summed E-state index contributed by atoms with van der Waals surface area (Å²) in [7, 11) is 0. The number of hydrogen-bond acceptors (Lipinski definition) is 8. The molecule has 0 bridgehead atoms. The summed E-state index contributed by atoms with van der Waals surface area (Å²) in [5, 5.41) is 10.5. The first-order valence-electron chi connectivity index (χ1n) is 9.53. The van der Waals surface area contributed by atoms with Crippen molar-refractivity contribution in [3.05, 3.63) is 0 Å². The summed E-state index contributed by atoms with van der Waals surface area (Å²) in [4.78, 5) is 22.5. The first-order chi connectivity index (χ1) is 12.6. The normalized spacial score (nSPS) is 42.4. The van der Waals surface area contributed by atoms with Gasteiger partial charge in [0.15, 0.2) is 18.7 Å². The topological polar surface area (TPSA) is 101 Å². The average molecular weight is 388 g/mol. The third-order valence-corrected chi connectivity index (χ3v) is 5.78. The molecule has 0 aromatic heterocycles. The van der Waals surface area contributed by atoms with E-state index in [0.717, 1.165) is 0 Å². The van der Waals surface area contributed by atoms with E-state index >= 15 is 0 Å². The molecule has 0 saturated carbocycles. The highest BCUT2D eigenvalue weighted by Crippen LogP contribution is 2.36. The molecule has 2 saturated heterocycles. The van der Waals surface area contributed by atoms with Crippen molar-refractivity contribution in [2.45, 2.75) is 72.4 Å². The van der Waals surface area contributed by atoms with Crippen LogP contribution in [0.2, 0.25) is 0 Å². The first kappa shape index (κ1) is 22.1. The van der Waals surface area contributed by atoms with Crippen LogP contribution < -0.4 is 0 Å². The van der Waals surface area contributed by atoms with Crippen molar-refractivity contribution < 1.29 is 38.4 Å². The molecule has 1 N–H and O–H groups in total. The Morgan fingerprint density at radius 2 is 1.67 bits per heavy atom. The number of ether oxygens (including phenoxy) is 5. The van der Waals surface area contributed by atoms with E-state index in [1.54, 1.807) is 0 Å². The van der Waals surface area contributed by atoms with Crippen LogP contribution in [0, 0.1) is 23.7 Å². The molecule has 0 aromatic carbocycles. The van der Waals surface area contributed by atoms with E-state index in [1.165, 1.54) is 13.8 Å². The Balaban J connectivity index is 2.06. The average Bonchev–Trinajstić information content (AvgIpc) is 2.59. The number of esters is 2. The number of aliphatic hydroxyl groups is 1. The lowest BCUT2D eigenvalue weighted by molar-refractivity contribution is -0.329. The van der Waals surface area contributed by atoms with Crippen LogP contribution in [-0.2, 0) is 33.3 Å². The Kier molecular flexibility index (Phi) is 7.62. The monoisotopic (exact) mass is 388 g/mol. The molecule has 0 spiro atoms. The largest absolute Gasteiger partial charge is 0.463 e. The van der Waals surface area contributed by atoms with Gasteiger partial charge in [-0.3, -0.25) is 9.59 Å². The lowest BCUT2D eigenvalue weighted by atomic mass is 9.83. The molecule has 3 unspecified atom stereocenters. The molecule has 2 rings (SSSR count). The van der Waals surface area contributed by atoms with Gasteiger partial charge < -0.3 is 28.8 Å². The van der Waals surface area contributed by atoms with Gasteiger partial charge in [-0.15, -0.1) is 0 Å². The smallest absolute Gasteiger partial charge is 0.303 e. The molecule has 2 aliphatic heterocycles. The molecule has 9 atom stereocenters. The van der Waals surface area contributed by atoms with Gasteiger partial charge in [0.05, 0.1) is 12.7 Å². The summed E-state index contributed by atoms with van der Waals surface area (Å²) < 4.78 is 27.9. The molecule has 0 radical (unpaired) electrons. The highest BCUT2D eigenvalue weighted by molar-refractivity contribution is 5.66. The summed E-state index contributed by atoms with van der Waals surface area (Å²) in [5.41, 5.74) is 0. The van der Waals surface area contributed by atoms with E-state index in [1.807, 2.05) is 27.7 Å². The van der Waals surface area contributed by atoms with E-state index in [4.69, 9.17) is 23.7 Å². The second-order valence-electron chi connectivity index (χ2n) is 7.80. The van der Waals surface area contributed by atoms with Crippen molar-refractivity contribution in [1.29, 1.82) is 0 Å². The van der Waals surface area contributed by atoms with Crippen molar-refractivity contribution >= 4 is 11.9 Å². The molecule has 0 aromatic rings. The Hall–Kier alpha value is -1.22. The van der Waals surface area contributed by atoms with Crippen LogP contribution in [0.25, 0.3) is 0 Å². The Morgan fingerprint density at radius 1 is 1.00 bits per heavy atom. The third-order valence-electron chi connectivity index (χ3n) is 5.78. The molecule has 156 valence electrons. The molecule has 2 heterocycles. The fourth-order valence-corrected chi connectivity index (χ4v) is 3.55. The second kappa shape index (κ2) is 9.32. The summed E-state index contributed by atoms with van der Waals surface area (Å²) in [6.07, 6.45) is -3.61. The van der Waals surface area contributed by atoms with Crippen molar-refractivity contribution in [3.63, 3.8) is 0 Å². The number of hydrogen-bond donors (Lipinski definition) is 1. The molecular weight excluding hydrogens is 356 g/mol. The number of aliphatic hydroxyl groups excluding tert-OH is 1. The molecule has 8 heteroatoms. The quantitative estimate of drug-likeness (QED) is 0.707. The van der Waals surface area contributed by atoms with Gasteiger partial charge in [-0.25, -0.2) is 0 Å². The van der Waals surface area contributed by atoms with Crippen LogP contribution in [0.3, 0.4) is 0 Å². The zero-order valence-electron chi connectivity index (χ0n) is 16.9. The van der Waals surface area contributed by atoms with E-state index in [9.17, 15) is 14.7 Å². The lowest BCUT2D eigenvalue weighted by Gasteiger charge is -2.46. The van der Waals surface area contributed by atoms with E-state index in [0.29, 0.717) is 6.61 Å². The zero-order chi connectivity index (χ0) is 20.3. The SMILES string of the molecule is CC(=O)OCC1OC(O)[C@@H](OC2OC[C@@H](C)[C@H](C)[C@@H]2OC(C)=O)[C@@H](C)[C@@H]1C. The van der Waals surface area contributed by atoms with Crippen molar-refractivity contribution in [2.24, 2.45) is 23.7 Å². The van der Waals surface area contributed by atoms with Gasteiger partial charge in [0.1, 0.15) is 12.7 Å². The fraction of sp³-hybridized carbons (Fsp3) is 0.895. The first-order valence-corrected chi connectivity index (χ1v) is 9.53. The molecule has 0 amide bonds. The highest BCUT2D eigenvalue weighted by atomic mass is 16.7. The Morgan fingerprint density at radius 3 is 2.26 bits per heavy atom. The minimum absolute atomic E-state index is 0.0233. The maximum absolute atomic E-state index is 11.5. The fourth-order valence-electron chi connectivity index (χ4n) is 3.55. The summed E-state index contributed by atoms with van der Waals surface area (Å²) in [6.45, 7) is 11.2. The van der Waals surface area contributed by atoms with E-state index in [-0.39, 0.29) is 30.3 Å². The maximum Gasteiger partial charge on any atom is 0.303 e. The predicted octanol–water partition coefficient (Wildman–Crippen LogP) is 1.48. The van der Waals surface area contributed by atoms with Crippen LogP contribution in [0.5, 0.6) is 0 Å². The van der Waals surface area contributed by atoms with Gasteiger partial charge in [-0.05, 0) is 17.8 Å². The van der Waals surface area contributed by atoms with Gasteiger partial charge in [-0.2, -0.15) is 0 Å². The van der Waals surface area contributed by atoms with E-state index in [2.05, 4.69) is 0 Å². The predicted molar refractivity (Wildman–Crippen MR) is 94.3 cm³/mol. The molecule has 0 aliphatic carbocycles. The van der Waals surface area contributed by atoms with Gasteiger partial charge in [0.2, 0.25) is 0 Å². The molecule has 27 heavy (non-hydrogen) atoms. The van der Waals surface area contributed by atoms with Crippen LogP contribution in [-0.4, -0.2) is 61.2 Å². The standard InChI is InChI=1S/C19H32O8/c1-9-7-24-19(17(10(9)2)25-14(6)21)27-16-12(4)11(3)15(26-18(16)22)8-23-13(5)20/h9-12,15-19,22H,7-8H2,1-6H3/t9-,10+,11+,12+,15?,16+,17+,18?,19?/m1/s1. The van der Waals surface area contributed by atoms with Gasteiger partial charge in [-0.1, -0.05) is 27.7 Å². The number of carbonyl (C=O) groups is 2. The maximum atomic E-state index is 11.5. The third kappa shape index (κ3) is 5.40. The van der Waals surface area contributed by atoms with E-state index < -0.39 is 42.8 Å². The van der Waals surface area contributed by atoms with Gasteiger partial charge in [0, 0.05) is 19.8 Å². The Labute approximate surface area is 160 Å². The van der Waals surface area contributed by atoms with Crippen molar-refractivity contribution in [1.82, 2.24) is 0 Å². The van der Waals surface area contributed by atoms with Crippen molar-refractivity contribution in [2.75, 3.05) is 13.2 Å². The van der Waals surface area contributed by atoms with Crippen LogP contribution in [0.15, 0.2) is 0 Å². The highest BCUT2D eigenvalue weighted by Gasteiger charge is 2.46. The molecule has 2 fully saturated rings.